The first kappa shape index (κ1) is 15.5. The number of hydrogen-bond donors (Lipinski definition) is 1. The van der Waals surface area contributed by atoms with Crippen LogP contribution in [-0.4, -0.2) is 29.1 Å². The highest BCUT2D eigenvalue weighted by molar-refractivity contribution is 5.81. The van der Waals surface area contributed by atoms with Gasteiger partial charge in [-0.2, -0.15) is 0 Å². The predicted octanol–water partition coefficient (Wildman–Crippen LogP) is 3.71. The fourth-order valence-corrected chi connectivity index (χ4v) is 3.94. The summed E-state index contributed by atoms with van der Waals surface area (Å²) in [5.41, 5.74) is 0.440. The number of carbonyl (C=O) groups is 1. The SMILES string of the molecule is O=C(O)C1(c2ccc(CN3CCCC3)c(F)c2)CCCCC1. The third-order valence-electron chi connectivity index (χ3n) is 5.31. The largest absolute Gasteiger partial charge is 0.481 e. The Morgan fingerprint density at radius 1 is 1.14 bits per heavy atom. The summed E-state index contributed by atoms with van der Waals surface area (Å²) in [5, 5.41) is 9.70. The van der Waals surface area contributed by atoms with Crippen molar-refractivity contribution in [3.8, 4) is 0 Å². The van der Waals surface area contributed by atoms with Gasteiger partial charge in [0.15, 0.2) is 0 Å². The molecule has 0 radical (unpaired) electrons. The average molecular weight is 305 g/mol. The van der Waals surface area contributed by atoms with Crippen LogP contribution in [0.5, 0.6) is 0 Å². The van der Waals surface area contributed by atoms with E-state index in [4.69, 9.17) is 0 Å². The zero-order chi connectivity index (χ0) is 15.6. The zero-order valence-electron chi connectivity index (χ0n) is 13.0. The molecule has 1 aromatic carbocycles. The molecule has 120 valence electrons. The van der Waals surface area contributed by atoms with Gasteiger partial charge in [-0.3, -0.25) is 9.69 Å². The molecule has 0 atom stereocenters. The van der Waals surface area contributed by atoms with Crippen molar-refractivity contribution >= 4 is 5.97 Å². The third kappa shape index (κ3) is 2.89. The molecule has 0 aromatic heterocycles. The van der Waals surface area contributed by atoms with Crippen molar-refractivity contribution in [3.63, 3.8) is 0 Å². The molecule has 1 N–H and O–H groups in total. The van der Waals surface area contributed by atoms with Gasteiger partial charge in [-0.25, -0.2) is 4.39 Å². The number of nitrogens with zero attached hydrogens (tertiary/aromatic N) is 1. The first-order valence-corrected chi connectivity index (χ1v) is 8.36. The number of likely N-dealkylation sites (tertiary alicyclic amines) is 1. The van der Waals surface area contributed by atoms with Crippen molar-refractivity contribution in [1.29, 1.82) is 0 Å². The van der Waals surface area contributed by atoms with E-state index < -0.39 is 11.4 Å². The Morgan fingerprint density at radius 2 is 1.82 bits per heavy atom. The van der Waals surface area contributed by atoms with Gasteiger partial charge in [0, 0.05) is 12.1 Å². The lowest BCUT2D eigenvalue weighted by Gasteiger charge is -2.33. The molecular formula is C18H24FNO2. The van der Waals surface area contributed by atoms with E-state index in [9.17, 15) is 14.3 Å². The Kier molecular flexibility index (Phi) is 4.48. The Bertz CT molecular complexity index is 546. The minimum absolute atomic E-state index is 0.254. The Balaban J connectivity index is 1.84. The number of rotatable bonds is 4. The highest BCUT2D eigenvalue weighted by Crippen LogP contribution is 2.40. The lowest BCUT2D eigenvalue weighted by Crippen LogP contribution is -2.38. The molecule has 4 heteroatoms. The van der Waals surface area contributed by atoms with E-state index in [1.54, 1.807) is 6.07 Å². The van der Waals surface area contributed by atoms with Crippen LogP contribution in [0.3, 0.4) is 0 Å². The first-order valence-electron chi connectivity index (χ1n) is 8.36. The molecule has 22 heavy (non-hydrogen) atoms. The summed E-state index contributed by atoms with van der Waals surface area (Å²) in [5.74, 6) is -1.06. The van der Waals surface area contributed by atoms with Gasteiger partial charge in [0.05, 0.1) is 5.41 Å². The molecular weight excluding hydrogens is 281 g/mol. The summed E-state index contributed by atoms with van der Waals surface area (Å²) in [6.45, 7) is 2.69. The maximum atomic E-state index is 14.5. The summed E-state index contributed by atoms with van der Waals surface area (Å²) in [4.78, 5) is 14.1. The number of carboxylic acids is 1. The van der Waals surface area contributed by atoms with Crippen LogP contribution in [0.15, 0.2) is 18.2 Å². The molecule has 2 fully saturated rings. The summed E-state index contributed by atoms with van der Waals surface area (Å²) in [7, 11) is 0. The van der Waals surface area contributed by atoms with Crippen molar-refractivity contribution in [1.82, 2.24) is 4.90 Å². The maximum Gasteiger partial charge on any atom is 0.314 e. The van der Waals surface area contributed by atoms with E-state index >= 15 is 0 Å². The van der Waals surface area contributed by atoms with Crippen LogP contribution in [-0.2, 0) is 16.8 Å². The topological polar surface area (TPSA) is 40.5 Å². The van der Waals surface area contributed by atoms with Crippen molar-refractivity contribution in [3.05, 3.63) is 35.1 Å². The summed E-state index contributed by atoms with van der Waals surface area (Å²) < 4.78 is 14.5. The van der Waals surface area contributed by atoms with Gasteiger partial charge in [0.1, 0.15) is 5.82 Å². The predicted molar refractivity (Wildman–Crippen MR) is 83.3 cm³/mol. The van der Waals surface area contributed by atoms with E-state index in [1.165, 1.54) is 18.9 Å². The number of benzene rings is 1. The minimum atomic E-state index is -0.884. The molecule has 3 nitrogen and oxygen atoms in total. The number of hydrogen-bond acceptors (Lipinski definition) is 2. The summed E-state index contributed by atoms with van der Waals surface area (Å²) in [6.07, 6.45) is 6.49. The van der Waals surface area contributed by atoms with Crippen LogP contribution in [0.2, 0.25) is 0 Å². The lowest BCUT2D eigenvalue weighted by atomic mass is 9.69. The first-order chi connectivity index (χ1) is 10.6. The van der Waals surface area contributed by atoms with Gasteiger partial charge in [0.2, 0.25) is 0 Å². The molecule has 1 aromatic rings. The van der Waals surface area contributed by atoms with Gasteiger partial charge in [-0.05, 0) is 50.4 Å². The summed E-state index contributed by atoms with van der Waals surface area (Å²) >= 11 is 0. The smallest absolute Gasteiger partial charge is 0.314 e. The average Bonchev–Trinajstić information content (AvgIpc) is 3.03. The fourth-order valence-electron chi connectivity index (χ4n) is 3.94. The molecule has 0 spiro atoms. The van der Waals surface area contributed by atoms with Gasteiger partial charge in [-0.15, -0.1) is 0 Å². The quantitative estimate of drug-likeness (QED) is 0.922. The maximum absolute atomic E-state index is 14.5. The second kappa shape index (κ2) is 6.37. The van der Waals surface area contributed by atoms with Crippen LogP contribution < -0.4 is 0 Å². The van der Waals surface area contributed by atoms with Crippen molar-refractivity contribution < 1.29 is 14.3 Å². The molecule has 0 bridgehead atoms. The molecule has 0 amide bonds. The van der Waals surface area contributed by atoms with Crippen molar-refractivity contribution in [2.45, 2.75) is 56.9 Å². The Labute approximate surface area is 131 Å². The van der Waals surface area contributed by atoms with Crippen LogP contribution in [0, 0.1) is 5.82 Å². The monoisotopic (exact) mass is 305 g/mol. The number of aliphatic carboxylic acids is 1. The van der Waals surface area contributed by atoms with Gasteiger partial charge < -0.3 is 5.11 Å². The van der Waals surface area contributed by atoms with E-state index in [0.29, 0.717) is 30.5 Å². The molecule has 1 saturated heterocycles. The highest BCUT2D eigenvalue weighted by Gasteiger charge is 2.41. The molecule has 0 unspecified atom stereocenters. The minimum Gasteiger partial charge on any atom is -0.481 e. The normalized spacial score (nSPS) is 21.9. The van der Waals surface area contributed by atoms with Crippen LogP contribution in [0.1, 0.15) is 56.1 Å². The third-order valence-corrected chi connectivity index (χ3v) is 5.31. The van der Waals surface area contributed by atoms with E-state index in [1.807, 2.05) is 6.07 Å². The second-order valence-electron chi connectivity index (χ2n) is 6.74. The molecule has 2 aliphatic rings. The Morgan fingerprint density at radius 3 is 2.41 bits per heavy atom. The fraction of sp³-hybridized carbons (Fsp3) is 0.611. The number of halogens is 1. The van der Waals surface area contributed by atoms with Crippen LogP contribution >= 0.6 is 0 Å². The molecule has 3 rings (SSSR count). The van der Waals surface area contributed by atoms with Crippen molar-refractivity contribution in [2.24, 2.45) is 0 Å². The molecule has 1 aliphatic carbocycles. The molecule has 1 aliphatic heterocycles. The number of carboxylic acid groups (broad SMARTS) is 1. The summed E-state index contributed by atoms with van der Waals surface area (Å²) in [6, 6.07) is 5.11. The highest BCUT2D eigenvalue weighted by atomic mass is 19.1. The van der Waals surface area contributed by atoms with Gasteiger partial charge in [0.25, 0.3) is 0 Å². The van der Waals surface area contributed by atoms with E-state index in [2.05, 4.69) is 4.90 Å². The standard InChI is InChI=1S/C18H24FNO2/c19-16-12-15(18(17(21)22)8-2-1-3-9-18)7-6-14(16)13-20-10-4-5-11-20/h6-7,12H,1-5,8-11,13H2,(H,21,22). The van der Waals surface area contributed by atoms with Crippen LogP contribution in [0.4, 0.5) is 4.39 Å². The van der Waals surface area contributed by atoms with Crippen LogP contribution in [0.25, 0.3) is 0 Å². The molecule has 1 saturated carbocycles. The Hall–Kier alpha value is -1.42. The lowest BCUT2D eigenvalue weighted by molar-refractivity contribution is -0.145. The zero-order valence-corrected chi connectivity index (χ0v) is 13.0. The molecule has 1 heterocycles. The van der Waals surface area contributed by atoms with Gasteiger partial charge >= 0.3 is 5.97 Å². The van der Waals surface area contributed by atoms with Gasteiger partial charge in [-0.1, -0.05) is 31.4 Å². The van der Waals surface area contributed by atoms with E-state index in [-0.39, 0.29) is 5.82 Å². The van der Waals surface area contributed by atoms with E-state index in [0.717, 1.165) is 32.4 Å². The second-order valence-corrected chi connectivity index (χ2v) is 6.74. The van der Waals surface area contributed by atoms with Crippen molar-refractivity contribution in [2.75, 3.05) is 13.1 Å².